The second-order valence-corrected chi connectivity index (χ2v) is 7.90. The number of hydrogen-bond donors (Lipinski definition) is 1. The van der Waals surface area contributed by atoms with Gasteiger partial charge >= 0.3 is 0 Å². The van der Waals surface area contributed by atoms with Gasteiger partial charge in [-0.25, -0.2) is 13.5 Å². The number of hydrogen-bond acceptors (Lipinski definition) is 4. The van der Waals surface area contributed by atoms with Gasteiger partial charge in [-0.15, -0.1) is 0 Å². The molecule has 0 heterocycles. The molecular weight excluding hydrogens is 338 g/mol. The van der Waals surface area contributed by atoms with E-state index in [0.717, 1.165) is 16.7 Å². The maximum atomic E-state index is 11.5. The van der Waals surface area contributed by atoms with Crippen molar-refractivity contribution >= 4 is 21.8 Å². The van der Waals surface area contributed by atoms with Crippen LogP contribution < -0.4 is 0 Å². The van der Waals surface area contributed by atoms with Crippen LogP contribution in [-0.2, 0) is 14.6 Å². The number of hydroxylamine groups is 2. The molecule has 0 saturated carbocycles. The van der Waals surface area contributed by atoms with E-state index in [-0.39, 0.29) is 4.90 Å². The first-order chi connectivity index (χ1) is 11.7. The number of amides is 1. The number of sulfone groups is 1. The summed E-state index contributed by atoms with van der Waals surface area (Å²) < 4.78 is 23.1. The molecule has 0 bridgehead atoms. The van der Waals surface area contributed by atoms with Crippen molar-refractivity contribution in [3.05, 3.63) is 60.2 Å². The number of benzene rings is 2. The Balaban J connectivity index is 2.23. The molecule has 0 saturated heterocycles. The van der Waals surface area contributed by atoms with Gasteiger partial charge in [-0.1, -0.05) is 42.5 Å². The van der Waals surface area contributed by atoms with Crippen molar-refractivity contribution in [3.63, 3.8) is 0 Å². The first-order valence-corrected chi connectivity index (χ1v) is 9.65. The quantitative estimate of drug-likeness (QED) is 0.656. The van der Waals surface area contributed by atoms with E-state index in [1.807, 2.05) is 30.3 Å². The van der Waals surface area contributed by atoms with Crippen LogP contribution >= 0.6 is 0 Å². The molecule has 25 heavy (non-hydrogen) atoms. The van der Waals surface area contributed by atoms with Gasteiger partial charge in [0, 0.05) is 13.2 Å². The molecule has 0 fully saturated rings. The van der Waals surface area contributed by atoms with Gasteiger partial charge < -0.3 is 0 Å². The van der Waals surface area contributed by atoms with Gasteiger partial charge in [0.25, 0.3) is 0 Å². The molecule has 0 radical (unpaired) electrons. The lowest BCUT2D eigenvalue weighted by atomic mass is 10.0. The number of carbonyl (C=O) groups excluding carboxylic acids is 1. The maximum Gasteiger partial charge on any atom is 0.243 e. The van der Waals surface area contributed by atoms with Crippen LogP contribution in [0.25, 0.3) is 17.2 Å². The van der Waals surface area contributed by atoms with Crippen LogP contribution in [0.15, 0.2) is 59.5 Å². The fraction of sp³-hybridized carbons (Fsp3) is 0.211. The summed E-state index contributed by atoms with van der Waals surface area (Å²) in [5.74, 6) is -0.420. The highest BCUT2D eigenvalue weighted by atomic mass is 32.2. The van der Waals surface area contributed by atoms with E-state index >= 15 is 0 Å². The highest BCUT2D eigenvalue weighted by Crippen LogP contribution is 2.23. The van der Waals surface area contributed by atoms with E-state index in [0.29, 0.717) is 5.06 Å². The molecule has 2 aromatic rings. The van der Waals surface area contributed by atoms with Gasteiger partial charge in [0.1, 0.15) is 0 Å². The summed E-state index contributed by atoms with van der Waals surface area (Å²) >= 11 is 0. The highest BCUT2D eigenvalue weighted by molar-refractivity contribution is 7.90. The monoisotopic (exact) mass is 359 g/mol. The third-order valence-corrected chi connectivity index (χ3v) is 4.91. The Morgan fingerprint density at radius 1 is 1.12 bits per heavy atom. The van der Waals surface area contributed by atoms with Crippen LogP contribution in [0, 0.1) is 0 Å². The fourth-order valence-electron chi connectivity index (χ4n) is 2.34. The minimum absolute atomic E-state index is 0.286. The Labute approximate surface area is 148 Å². The van der Waals surface area contributed by atoms with Gasteiger partial charge in [0.05, 0.1) is 10.9 Å². The Hall–Kier alpha value is -2.44. The van der Waals surface area contributed by atoms with Gasteiger partial charge in [-0.2, -0.15) is 0 Å². The van der Waals surface area contributed by atoms with Crippen LogP contribution in [0.4, 0.5) is 0 Å². The first kappa shape index (κ1) is 18.9. The molecule has 0 unspecified atom stereocenters. The Morgan fingerprint density at radius 3 is 2.32 bits per heavy atom. The minimum atomic E-state index is -3.21. The second kappa shape index (κ2) is 7.63. The topological polar surface area (TPSA) is 74.7 Å². The van der Waals surface area contributed by atoms with Crippen LogP contribution in [0.3, 0.4) is 0 Å². The summed E-state index contributed by atoms with van der Waals surface area (Å²) in [6.07, 6.45) is 4.73. The third-order valence-electron chi connectivity index (χ3n) is 3.78. The summed E-state index contributed by atoms with van der Waals surface area (Å²) in [5.41, 5.74) is 2.76. The zero-order valence-corrected chi connectivity index (χ0v) is 15.2. The molecule has 0 aliphatic heterocycles. The van der Waals surface area contributed by atoms with E-state index in [2.05, 4.69) is 0 Å². The number of rotatable bonds is 5. The summed E-state index contributed by atoms with van der Waals surface area (Å²) in [6, 6.07) is 14.0. The summed E-state index contributed by atoms with van der Waals surface area (Å²) in [4.78, 5) is 11.4. The van der Waals surface area contributed by atoms with E-state index in [1.54, 1.807) is 37.3 Å². The second-order valence-electron chi connectivity index (χ2n) is 5.89. The molecule has 5 nitrogen and oxygen atoms in total. The highest BCUT2D eigenvalue weighted by Gasteiger charge is 2.10. The molecule has 1 amide bonds. The normalized spacial score (nSPS) is 13.0. The lowest BCUT2D eigenvalue weighted by molar-refractivity contribution is -0.167. The molecular formula is C19H21NO4S. The summed E-state index contributed by atoms with van der Waals surface area (Å²) in [6.45, 7) is 3.01. The van der Waals surface area contributed by atoms with E-state index in [4.69, 9.17) is 0 Å². The predicted octanol–water partition coefficient (Wildman–Crippen LogP) is 3.40. The lowest BCUT2D eigenvalue weighted by Crippen LogP contribution is -2.32. The fourth-order valence-corrected chi connectivity index (χ4v) is 2.97. The smallest absolute Gasteiger partial charge is 0.243 e. The summed E-state index contributed by atoms with van der Waals surface area (Å²) in [5, 5.41) is 10.3. The first-order valence-electron chi connectivity index (χ1n) is 7.76. The van der Waals surface area contributed by atoms with E-state index < -0.39 is 21.8 Å². The van der Waals surface area contributed by atoms with Gasteiger partial charge in [-0.3, -0.25) is 10.0 Å². The average molecular weight is 359 g/mol. The largest absolute Gasteiger partial charge is 0.285 e. The van der Waals surface area contributed by atoms with E-state index in [9.17, 15) is 18.4 Å². The molecule has 0 aromatic heterocycles. The van der Waals surface area contributed by atoms with Gasteiger partial charge in [0.15, 0.2) is 9.84 Å². The zero-order valence-electron chi connectivity index (χ0n) is 14.4. The third kappa shape index (κ3) is 5.01. The number of carbonyl (C=O) groups is 1. The van der Waals surface area contributed by atoms with Crippen molar-refractivity contribution in [1.82, 2.24) is 5.06 Å². The average Bonchev–Trinajstić information content (AvgIpc) is 2.58. The van der Waals surface area contributed by atoms with Crippen molar-refractivity contribution < 1.29 is 18.4 Å². The SMILES string of the molecule is CC(=O)N(O)[C@@H](C)/C=C/c1cccc(-c2ccc(S(C)(=O)=O)cc2)c1. The summed E-state index contributed by atoms with van der Waals surface area (Å²) in [7, 11) is -3.21. The minimum Gasteiger partial charge on any atom is -0.285 e. The molecule has 1 N–H and O–H groups in total. The van der Waals surface area contributed by atoms with Crippen molar-refractivity contribution in [2.24, 2.45) is 0 Å². The van der Waals surface area contributed by atoms with Gasteiger partial charge in [-0.05, 0) is 41.8 Å². The molecule has 132 valence electrons. The predicted molar refractivity (Wildman–Crippen MR) is 97.8 cm³/mol. The molecule has 1 atom stereocenters. The van der Waals surface area contributed by atoms with Crippen LogP contribution in [-0.4, -0.2) is 36.9 Å². The van der Waals surface area contributed by atoms with E-state index in [1.165, 1.54) is 13.2 Å². The zero-order chi connectivity index (χ0) is 18.6. The van der Waals surface area contributed by atoms with Crippen molar-refractivity contribution in [2.45, 2.75) is 24.8 Å². The molecule has 2 rings (SSSR count). The molecule has 0 aliphatic carbocycles. The van der Waals surface area contributed by atoms with Crippen LogP contribution in [0.5, 0.6) is 0 Å². The lowest BCUT2D eigenvalue weighted by Gasteiger charge is -2.17. The maximum absolute atomic E-state index is 11.5. The Kier molecular flexibility index (Phi) is 5.77. The van der Waals surface area contributed by atoms with Crippen LogP contribution in [0.2, 0.25) is 0 Å². The molecule has 2 aromatic carbocycles. The van der Waals surface area contributed by atoms with Gasteiger partial charge in [0.2, 0.25) is 5.91 Å². The van der Waals surface area contributed by atoms with Crippen molar-refractivity contribution in [2.75, 3.05) is 6.26 Å². The van der Waals surface area contributed by atoms with Crippen molar-refractivity contribution in [3.8, 4) is 11.1 Å². The Morgan fingerprint density at radius 2 is 1.76 bits per heavy atom. The van der Waals surface area contributed by atoms with Crippen LogP contribution in [0.1, 0.15) is 19.4 Å². The standard InChI is InChI=1S/C19H21NO4S/c1-14(20(22)15(2)21)7-8-16-5-4-6-18(13-16)17-9-11-19(12-10-17)25(3,23)24/h4-14,22H,1-3H3/b8-7+/t14-/m0/s1. The number of nitrogens with zero attached hydrogens (tertiary/aromatic N) is 1. The molecule has 0 aliphatic rings. The Bertz CT molecular complexity index is 886. The van der Waals surface area contributed by atoms with Crippen molar-refractivity contribution in [1.29, 1.82) is 0 Å². The molecule has 6 heteroatoms. The molecule has 0 spiro atoms.